The van der Waals surface area contributed by atoms with Crippen LogP contribution in [-0.2, 0) is 4.79 Å². The van der Waals surface area contributed by atoms with Crippen LogP contribution in [0.2, 0.25) is 0 Å². The van der Waals surface area contributed by atoms with Crippen LogP contribution in [0.4, 0.5) is 5.82 Å². The lowest BCUT2D eigenvalue weighted by Crippen LogP contribution is -2.25. The van der Waals surface area contributed by atoms with Gasteiger partial charge in [0.25, 0.3) is 0 Å². The van der Waals surface area contributed by atoms with Crippen molar-refractivity contribution in [2.24, 2.45) is 5.92 Å². The van der Waals surface area contributed by atoms with E-state index in [9.17, 15) is 4.79 Å². The first-order chi connectivity index (χ1) is 9.78. The van der Waals surface area contributed by atoms with Crippen molar-refractivity contribution in [3.05, 3.63) is 48.7 Å². The summed E-state index contributed by atoms with van der Waals surface area (Å²) in [7, 11) is 0. The summed E-state index contributed by atoms with van der Waals surface area (Å²) in [4.78, 5) is 18.2. The van der Waals surface area contributed by atoms with Crippen molar-refractivity contribution in [1.29, 1.82) is 0 Å². The molecule has 0 N–H and O–H groups in total. The normalized spacial score (nSPS) is 18.6. The Kier molecular flexibility index (Phi) is 3.83. The van der Waals surface area contributed by atoms with Crippen molar-refractivity contribution in [2.45, 2.75) is 6.42 Å². The molecule has 1 aromatic heterocycles. The number of hydrogen-bond acceptors (Lipinski definition) is 2. The molecule has 1 saturated heterocycles. The number of alkyl halides is 1. The molecule has 1 fully saturated rings. The maximum Gasteiger partial charge on any atom is 0.228 e. The molecule has 1 aromatic carbocycles. The second kappa shape index (κ2) is 5.75. The topological polar surface area (TPSA) is 33.2 Å². The molecular formula is C16H15BrN2O. The van der Waals surface area contributed by atoms with Gasteiger partial charge in [0.05, 0.1) is 0 Å². The molecule has 2 heterocycles. The molecule has 3 nitrogen and oxygen atoms in total. The van der Waals surface area contributed by atoms with Crippen LogP contribution in [0.1, 0.15) is 6.42 Å². The quantitative estimate of drug-likeness (QED) is 0.807. The van der Waals surface area contributed by atoms with Gasteiger partial charge in [-0.1, -0.05) is 46.3 Å². The van der Waals surface area contributed by atoms with E-state index in [1.54, 1.807) is 4.90 Å². The average Bonchev–Trinajstić information content (AvgIpc) is 2.89. The number of benzene rings is 1. The monoisotopic (exact) mass is 330 g/mol. The summed E-state index contributed by atoms with van der Waals surface area (Å²) in [5.74, 6) is 1.30. The van der Waals surface area contributed by atoms with Crippen LogP contribution in [-0.4, -0.2) is 22.8 Å². The van der Waals surface area contributed by atoms with Gasteiger partial charge in [-0.2, -0.15) is 0 Å². The third-order valence-corrected chi connectivity index (χ3v) is 4.47. The highest BCUT2D eigenvalue weighted by Gasteiger charge is 2.30. The van der Waals surface area contributed by atoms with Crippen molar-refractivity contribution in [3.63, 3.8) is 0 Å². The number of carbonyl (C=O) groups excluding carboxylic acids is 1. The molecule has 1 aliphatic heterocycles. The summed E-state index contributed by atoms with van der Waals surface area (Å²) in [6, 6.07) is 14.1. The standard InChI is InChI=1S/C16H15BrN2O/c17-9-12-8-16(20)19(11-12)15-7-6-14(10-18-15)13-4-2-1-3-5-13/h1-7,10,12H,8-9,11H2. The minimum absolute atomic E-state index is 0.161. The van der Waals surface area contributed by atoms with E-state index in [4.69, 9.17) is 0 Å². The van der Waals surface area contributed by atoms with Gasteiger partial charge in [-0.25, -0.2) is 4.98 Å². The highest BCUT2D eigenvalue weighted by Crippen LogP contribution is 2.26. The van der Waals surface area contributed by atoms with Crippen LogP contribution < -0.4 is 4.90 Å². The Bertz CT molecular complexity index is 598. The van der Waals surface area contributed by atoms with Gasteiger partial charge in [0, 0.05) is 30.1 Å². The maximum absolute atomic E-state index is 12.0. The number of halogens is 1. The number of anilines is 1. The Morgan fingerprint density at radius 1 is 1.15 bits per heavy atom. The Morgan fingerprint density at radius 2 is 1.95 bits per heavy atom. The predicted octanol–water partition coefficient (Wildman–Crippen LogP) is 3.50. The molecule has 0 bridgehead atoms. The molecule has 1 amide bonds. The first kappa shape index (κ1) is 13.3. The Balaban J connectivity index is 1.82. The van der Waals surface area contributed by atoms with Crippen molar-refractivity contribution in [3.8, 4) is 11.1 Å². The summed E-state index contributed by atoms with van der Waals surface area (Å²) in [5.41, 5.74) is 2.20. The molecule has 20 heavy (non-hydrogen) atoms. The van der Waals surface area contributed by atoms with Gasteiger partial charge in [-0.05, 0) is 23.6 Å². The zero-order chi connectivity index (χ0) is 13.9. The van der Waals surface area contributed by atoms with Crippen molar-refractivity contribution >= 4 is 27.7 Å². The molecule has 0 saturated carbocycles. The minimum Gasteiger partial charge on any atom is -0.297 e. The number of nitrogens with zero attached hydrogens (tertiary/aromatic N) is 2. The SMILES string of the molecule is O=C1CC(CBr)CN1c1ccc(-c2ccccc2)cn1. The fraction of sp³-hybridized carbons (Fsp3) is 0.250. The molecule has 1 atom stereocenters. The first-order valence-corrected chi connectivity index (χ1v) is 7.78. The van der Waals surface area contributed by atoms with Crippen LogP contribution >= 0.6 is 15.9 Å². The lowest BCUT2D eigenvalue weighted by Gasteiger charge is -2.15. The smallest absolute Gasteiger partial charge is 0.228 e. The second-order valence-electron chi connectivity index (χ2n) is 5.00. The lowest BCUT2D eigenvalue weighted by molar-refractivity contribution is -0.117. The van der Waals surface area contributed by atoms with E-state index in [2.05, 4.69) is 33.0 Å². The number of amides is 1. The molecule has 0 spiro atoms. The molecule has 0 radical (unpaired) electrons. The first-order valence-electron chi connectivity index (χ1n) is 6.65. The number of hydrogen-bond donors (Lipinski definition) is 0. The average molecular weight is 331 g/mol. The summed E-state index contributed by atoms with van der Waals surface area (Å²) in [6.07, 6.45) is 2.44. The van der Waals surface area contributed by atoms with Gasteiger partial charge < -0.3 is 0 Å². The van der Waals surface area contributed by atoms with E-state index in [1.807, 2.05) is 36.5 Å². The summed E-state index contributed by atoms with van der Waals surface area (Å²) >= 11 is 3.45. The van der Waals surface area contributed by atoms with Crippen molar-refractivity contribution in [2.75, 3.05) is 16.8 Å². The highest BCUT2D eigenvalue weighted by molar-refractivity contribution is 9.09. The van der Waals surface area contributed by atoms with E-state index in [-0.39, 0.29) is 5.91 Å². The lowest BCUT2D eigenvalue weighted by atomic mass is 10.1. The van der Waals surface area contributed by atoms with Gasteiger partial charge in [0.1, 0.15) is 5.82 Å². The van der Waals surface area contributed by atoms with Crippen LogP contribution in [0.3, 0.4) is 0 Å². The zero-order valence-electron chi connectivity index (χ0n) is 11.0. The van der Waals surface area contributed by atoms with Gasteiger partial charge in [0.15, 0.2) is 0 Å². The third kappa shape index (κ3) is 2.61. The van der Waals surface area contributed by atoms with Crippen LogP contribution in [0.15, 0.2) is 48.7 Å². The van der Waals surface area contributed by atoms with E-state index >= 15 is 0 Å². The van der Waals surface area contributed by atoms with E-state index < -0.39 is 0 Å². The molecule has 4 heteroatoms. The Labute approximate surface area is 126 Å². The van der Waals surface area contributed by atoms with Crippen molar-refractivity contribution < 1.29 is 4.79 Å². The zero-order valence-corrected chi connectivity index (χ0v) is 12.6. The van der Waals surface area contributed by atoms with Crippen LogP contribution in [0.5, 0.6) is 0 Å². The maximum atomic E-state index is 12.0. The summed E-state index contributed by atoms with van der Waals surface area (Å²) < 4.78 is 0. The number of carbonyl (C=O) groups is 1. The largest absolute Gasteiger partial charge is 0.297 e. The Morgan fingerprint density at radius 3 is 2.55 bits per heavy atom. The molecule has 3 rings (SSSR count). The molecule has 1 unspecified atom stereocenters. The van der Waals surface area contributed by atoms with E-state index in [1.165, 1.54) is 0 Å². The molecular weight excluding hydrogens is 316 g/mol. The second-order valence-corrected chi connectivity index (χ2v) is 5.65. The van der Waals surface area contributed by atoms with Crippen LogP contribution in [0, 0.1) is 5.92 Å². The molecule has 2 aromatic rings. The number of pyridine rings is 1. The van der Waals surface area contributed by atoms with Crippen molar-refractivity contribution in [1.82, 2.24) is 4.98 Å². The van der Waals surface area contributed by atoms with Gasteiger partial charge >= 0.3 is 0 Å². The summed E-state index contributed by atoms with van der Waals surface area (Å²) in [6.45, 7) is 0.752. The Hall–Kier alpha value is -1.68. The number of rotatable bonds is 3. The molecule has 1 aliphatic rings. The summed E-state index contributed by atoms with van der Waals surface area (Å²) in [5, 5.41) is 0.858. The fourth-order valence-corrected chi connectivity index (χ4v) is 2.89. The van der Waals surface area contributed by atoms with E-state index in [0.717, 1.165) is 28.8 Å². The minimum atomic E-state index is 0.161. The molecule has 0 aliphatic carbocycles. The van der Waals surface area contributed by atoms with Crippen LogP contribution in [0.25, 0.3) is 11.1 Å². The van der Waals surface area contributed by atoms with Gasteiger partial charge in [-0.15, -0.1) is 0 Å². The highest BCUT2D eigenvalue weighted by atomic mass is 79.9. The molecule has 102 valence electrons. The van der Waals surface area contributed by atoms with E-state index in [0.29, 0.717) is 12.3 Å². The fourth-order valence-electron chi connectivity index (χ4n) is 2.45. The number of aromatic nitrogens is 1. The third-order valence-electron chi connectivity index (χ3n) is 3.55. The predicted molar refractivity (Wildman–Crippen MR) is 83.9 cm³/mol. The van der Waals surface area contributed by atoms with Gasteiger partial charge in [0.2, 0.25) is 5.91 Å². The van der Waals surface area contributed by atoms with Gasteiger partial charge in [-0.3, -0.25) is 9.69 Å².